The summed E-state index contributed by atoms with van der Waals surface area (Å²) in [6.45, 7) is 11.8. The van der Waals surface area contributed by atoms with Crippen LogP contribution in [0.5, 0.6) is 0 Å². The number of carbonyl (C=O) groups is 1. The van der Waals surface area contributed by atoms with Gasteiger partial charge in [-0.25, -0.2) is 4.79 Å². The highest BCUT2D eigenvalue weighted by Crippen LogP contribution is 2.47. The first kappa shape index (κ1) is 32.4. The van der Waals surface area contributed by atoms with Crippen molar-refractivity contribution in [3.8, 4) is 0 Å². The summed E-state index contributed by atoms with van der Waals surface area (Å²) >= 11 is 7.97. The molecule has 8 heteroatoms. The minimum atomic E-state index is -1.04. The van der Waals surface area contributed by atoms with Gasteiger partial charge in [0.05, 0.1) is 27.7 Å². The van der Waals surface area contributed by atoms with Gasteiger partial charge in [-0.3, -0.25) is 0 Å². The van der Waals surface area contributed by atoms with Gasteiger partial charge in [0.15, 0.2) is 0 Å². The summed E-state index contributed by atoms with van der Waals surface area (Å²) in [5, 5.41) is 9.84. The molecule has 1 saturated heterocycles. The number of carboxylic acids is 1. The van der Waals surface area contributed by atoms with Crippen LogP contribution in [0.3, 0.4) is 0 Å². The molecule has 0 radical (unpaired) electrons. The number of unbranched alkanes of at least 4 members (excludes halogenated alkanes) is 4. The van der Waals surface area contributed by atoms with Gasteiger partial charge in [0.2, 0.25) is 0 Å². The Hall–Kier alpha value is -0.830. The van der Waals surface area contributed by atoms with Gasteiger partial charge < -0.3 is 24.1 Å². The molecular formula is C29H47ClO6S. The molecule has 37 heavy (non-hydrogen) atoms. The third kappa shape index (κ3) is 10.3. The Morgan fingerprint density at radius 3 is 1.95 bits per heavy atom. The molecule has 0 unspecified atom stereocenters. The van der Waals surface area contributed by atoms with Crippen LogP contribution in [0.25, 0.3) is 0 Å². The Kier molecular flexibility index (Phi) is 16.2. The largest absolute Gasteiger partial charge is 0.478 e. The first-order valence-corrected chi connectivity index (χ1v) is 15.4. The fourth-order valence-electron chi connectivity index (χ4n) is 4.31. The molecule has 0 amide bonds. The third-order valence-electron chi connectivity index (χ3n) is 6.53. The molecule has 2 rings (SSSR count). The summed E-state index contributed by atoms with van der Waals surface area (Å²) < 4.78 is 25.7. The summed E-state index contributed by atoms with van der Waals surface area (Å²) in [4.78, 5) is 11.9. The van der Waals surface area contributed by atoms with Crippen LogP contribution in [0.2, 0.25) is 5.02 Å². The van der Waals surface area contributed by atoms with Crippen LogP contribution in [0.15, 0.2) is 18.2 Å². The Morgan fingerprint density at radius 2 is 1.38 bits per heavy atom. The molecule has 1 fully saturated rings. The fraction of sp³-hybridized carbons (Fsp3) is 0.759. The molecule has 0 saturated carbocycles. The highest BCUT2D eigenvalue weighted by atomic mass is 35.5. The van der Waals surface area contributed by atoms with Crippen LogP contribution in [-0.4, -0.2) is 67.7 Å². The number of hydrogen-bond acceptors (Lipinski definition) is 6. The molecule has 1 aliphatic heterocycles. The molecule has 0 spiro atoms. The van der Waals surface area contributed by atoms with E-state index >= 15 is 0 Å². The van der Waals surface area contributed by atoms with Gasteiger partial charge in [-0.05, 0) is 43.4 Å². The summed E-state index contributed by atoms with van der Waals surface area (Å²) in [6, 6.07) is 5.28. The molecule has 5 atom stereocenters. The number of thioether (sulfide) groups is 1. The van der Waals surface area contributed by atoms with E-state index in [0.717, 1.165) is 56.9 Å². The topological polar surface area (TPSA) is 74.2 Å². The van der Waals surface area contributed by atoms with Crippen molar-refractivity contribution in [2.45, 2.75) is 108 Å². The van der Waals surface area contributed by atoms with Crippen molar-refractivity contribution in [3.63, 3.8) is 0 Å². The zero-order valence-electron chi connectivity index (χ0n) is 23.1. The Morgan fingerprint density at radius 1 is 0.838 bits per heavy atom. The van der Waals surface area contributed by atoms with Gasteiger partial charge in [-0.2, -0.15) is 0 Å². The number of ether oxygens (including phenoxy) is 4. The summed E-state index contributed by atoms with van der Waals surface area (Å²) in [6.07, 6.45) is 7.36. The predicted molar refractivity (Wildman–Crippen MR) is 152 cm³/mol. The lowest BCUT2D eigenvalue weighted by Crippen LogP contribution is -2.55. The number of benzene rings is 1. The van der Waals surface area contributed by atoms with E-state index < -0.39 is 5.97 Å². The minimum Gasteiger partial charge on any atom is -0.478 e. The molecule has 0 bridgehead atoms. The molecule has 212 valence electrons. The second kappa shape index (κ2) is 18.5. The lowest BCUT2D eigenvalue weighted by molar-refractivity contribution is -0.149. The van der Waals surface area contributed by atoms with E-state index in [9.17, 15) is 9.90 Å². The van der Waals surface area contributed by atoms with E-state index in [2.05, 4.69) is 27.7 Å². The van der Waals surface area contributed by atoms with Gasteiger partial charge in [-0.1, -0.05) is 71.0 Å². The van der Waals surface area contributed by atoms with Gasteiger partial charge >= 0.3 is 5.97 Å². The molecular weight excluding hydrogens is 512 g/mol. The first-order chi connectivity index (χ1) is 18.0. The fourth-order valence-corrected chi connectivity index (χ4v) is 6.14. The van der Waals surface area contributed by atoms with E-state index in [0.29, 0.717) is 33.0 Å². The highest BCUT2D eigenvalue weighted by Gasteiger charge is 2.48. The van der Waals surface area contributed by atoms with E-state index in [1.807, 2.05) is 6.07 Å². The zero-order chi connectivity index (χ0) is 27.0. The quantitative estimate of drug-likeness (QED) is 0.175. The maximum Gasteiger partial charge on any atom is 0.337 e. The van der Waals surface area contributed by atoms with Crippen molar-refractivity contribution >= 4 is 29.3 Å². The second-order valence-corrected chi connectivity index (χ2v) is 11.4. The number of hydrogen-bond donors (Lipinski definition) is 1. The van der Waals surface area contributed by atoms with Gasteiger partial charge in [-0.15, -0.1) is 11.8 Å². The zero-order valence-corrected chi connectivity index (χ0v) is 24.7. The van der Waals surface area contributed by atoms with E-state index in [1.165, 1.54) is 0 Å². The minimum absolute atomic E-state index is 0.0281. The average Bonchev–Trinajstić information content (AvgIpc) is 2.89. The normalized spacial score (nSPS) is 23.9. The molecule has 1 aliphatic rings. The maximum atomic E-state index is 11.9. The maximum absolute atomic E-state index is 11.9. The molecule has 0 aromatic heterocycles. The molecule has 1 aromatic rings. The van der Waals surface area contributed by atoms with Gasteiger partial charge in [0, 0.05) is 26.4 Å². The first-order valence-electron chi connectivity index (χ1n) is 14.1. The second-order valence-electron chi connectivity index (χ2n) is 9.63. The van der Waals surface area contributed by atoms with Crippen molar-refractivity contribution in [3.05, 3.63) is 34.3 Å². The lowest BCUT2D eigenvalue weighted by Gasteiger charge is -2.46. The standard InChI is InChI=1S/C29H47ClO6S/c1-5-9-15-33-20-24-25(34-16-10-6-2)26(35-17-11-7-3)27(36-18-12-8-4)28(37-24)21-13-14-23(30)22(19-21)29(31)32/h13-14,19,24-28H,5-12,15-18,20H2,1-4H3,(H,31,32)/t24-,25-,26+,27-,28+/m1/s1. The molecule has 1 N–H and O–H groups in total. The van der Waals surface area contributed by atoms with Crippen LogP contribution in [-0.2, 0) is 18.9 Å². The molecule has 1 aromatic carbocycles. The molecule has 0 aliphatic carbocycles. The molecule has 6 nitrogen and oxygen atoms in total. The van der Waals surface area contributed by atoms with Gasteiger partial charge in [0.25, 0.3) is 0 Å². The predicted octanol–water partition coefficient (Wildman–Crippen LogP) is 7.57. The number of rotatable bonds is 19. The van der Waals surface area contributed by atoms with Crippen LogP contribution in [0.1, 0.15) is 100 Å². The van der Waals surface area contributed by atoms with Crippen LogP contribution < -0.4 is 0 Å². The SMILES string of the molecule is CCCCOC[C@H]1S[C@@H](c2ccc(Cl)c(C(=O)O)c2)[C@H](OCCCC)[C@@H](OCCCC)[C@@H]1OCCCC. The van der Waals surface area contributed by atoms with E-state index in [1.54, 1.807) is 23.9 Å². The summed E-state index contributed by atoms with van der Waals surface area (Å²) in [5.74, 6) is -1.04. The number of aromatic carboxylic acids is 1. The van der Waals surface area contributed by atoms with Crippen molar-refractivity contribution in [2.24, 2.45) is 0 Å². The van der Waals surface area contributed by atoms with Crippen LogP contribution >= 0.6 is 23.4 Å². The van der Waals surface area contributed by atoms with Crippen molar-refractivity contribution in [2.75, 3.05) is 33.0 Å². The Bertz CT molecular complexity index is 779. The lowest BCUT2D eigenvalue weighted by atomic mass is 9.95. The van der Waals surface area contributed by atoms with Crippen molar-refractivity contribution in [1.82, 2.24) is 0 Å². The average molecular weight is 559 g/mol. The van der Waals surface area contributed by atoms with E-state index in [4.69, 9.17) is 30.5 Å². The van der Waals surface area contributed by atoms with Crippen LogP contribution in [0, 0.1) is 0 Å². The third-order valence-corrected chi connectivity index (χ3v) is 8.45. The monoisotopic (exact) mass is 558 g/mol. The number of halogens is 1. The number of carboxylic acid groups (broad SMARTS) is 1. The highest BCUT2D eigenvalue weighted by molar-refractivity contribution is 8.00. The Labute approximate surface area is 233 Å². The van der Waals surface area contributed by atoms with E-state index in [-0.39, 0.29) is 39.4 Å². The van der Waals surface area contributed by atoms with Crippen LogP contribution in [0.4, 0.5) is 0 Å². The van der Waals surface area contributed by atoms with Crippen molar-refractivity contribution < 1.29 is 28.8 Å². The van der Waals surface area contributed by atoms with Gasteiger partial charge in [0.1, 0.15) is 18.3 Å². The molecule has 1 heterocycles. The Balaban J connectivity index is 2.46. The van der Waals surface area contributed by atoms with Crippen molar-refractivity contribution in [1.29, 1.82) is 0 Å². The summed E-state index contributed by atoms with van der Waals surface area (Å²) in [5.41, 5.74) is 0.982. The summed E-state index contributed by atoms with van der Waals surface area (Å²) in [7, 11) is 0. The smallest absolute Gasteiger partial charge is 0.337 e.